The predicted molar refractivity (Wildman–Crippen MR) is 317 cm³/mol. The number of allylic oxidation sites excluding steroid dienone is 1. The zero-order valence-electron chi connectivity index (χ0n) is 51.5. The molecule has 0 unspecified atom stereocenters. The van der Waals surface area contributed by atoms with Crippen LogP contribution in [0.1, 0.15) is 246 Å². The summed E-state index contributed by atoms with van der Waals surface area (Å²) in [5.74, 6) is -7.61. The summed E-state index contributed by atoms with van der Waals surface area (Å²) in [4.78, 5) is 82.5. The van der Waals surface area contributed by atoms with Gasteiger partial charge in [0.25, 0.3) is 0 Å². The summed E-state index contributed by atoms with van der Waals surface area (Å²) in [6.07, 6.45) is 19.7. The van der Waals surface area contributed by atoms with Gasteiger partial charge in [-0.1, -0.05) is 163 Å². The van der Waals surface area contributed by atoms with Gasteiger partial charge in [-0.3, -0.25) is 4.79 Å². The van der Waals surface area contributed by atoms with Gasteiger partial charge < -0.3 is 52.5 Å². The van der Waals surface area contributed by atoms with Crippen molar-refractivity contribution in [3.05, 3.63) is 47.5 Å². The Bertz CT molecular complexity index is 2130. The van der Waals surface area contributed by atoms with Gasteiger partial charge in [0.05, 0.1) is 0 Å². The highest BCUT2D eigenvalue weighted by Crippen LogP contribution is 2.42. The highest BCUT2D eigenvalue weighted by Gasteiger charge is 2.30. The first-order valence-electron chi connectivity index (χ1n) is 30.9. The lowest BCUT2D eigenvalue weighted by Gasteiger charge is -2.20. The van der Waals surface area contributed by atoms with E-state index in [0.29, 0.717) is 32.5 Å². The van der Waals surface area contributed by atoms with Crippen LogP contribution in [0, 0.1) is 0 Å². The number of hydrogen-bond acceptors (Lipinski definition) is 17. The van der Waals surface area contributed by atoms with E-state index in [1.165, 1.54) is 45.9 Å². The number of unbranched alkanes of at least 4 members (excludes halogenated alkanes) is 20. The van der Waals surface area contributed by atoms with Gasteiger partial charge >= 0.3 is 29.8 Å². The van der Waals surface area contributed by atoms with Gasteiger partial charge in [0.2, 0.25) is 5.75 Å². The number of aliphatic hydroxyl groups excluding tert-OH is 1. The van der Waals surface area contributed by atoms with Crippen molar-refractivity contribution >= 4 is 41.4 Å². The largest absolute Gasteiger partial charge is 0.507 e. The molecule has 0 saturated carbocycles. The maximum atomic E-state index is 14.2. The Kier molecular flexibility index (Phi) is 39.4. The zero-order chi connectivity index (χ0) is 60.5. The quantitative estimate of drug-likeness (QED) is 0.0163. The lowest BCUT2D eigenvalue weighted by Crippen LogP contribution is -2.29. The fourth-order valence-corrected chi connectivity index (χ4v) is 8.21. The molecule has 2 aromatic rings. The van der Waals surface area contributed by atoms with Crippen molar-refractivity contribution in [2.75, 3.05) is 33.0 Å². The summed E-state index contributed by atoms with van der Waals surface area (Å²) >= 11 is 0. The van der Waals surface area contributed by atoms with Crippen LogP contribution in [-0.2, 0) is 47.7 Å². The number of benzene rings is 2. The fourth-order valence-electron chi connectivity index (χ4n) is 8.21. The van der Waals surface area contributed by atoms with Gasteiger partial charge in [0.1, 0.15) is 5.76 Å². The van der Waals surface area contributed by atoms with Crippen LogP contribution in [-0.4, -0.2) is 104 Å². The van der Waals surface area contributed by atoms with Crippen LogP contribution in [0.5, 0.6) is 28.7 Å². The van der Waals surface area contributed by atoms with Gasteiger partial charge in [0, 0.05) is 50.2 Å². The van der Waals surface area contributed by atoms with E-state index in [2.05, 4.69) is 34.6 Å². The lowest BCUT2D eigenvalue weighted by atomic mass is 10.1. The highest BCUT2D eigenvalue weighted by molar-refractivity contribution is 6.08. The van der Waals surface area contributed by atoms with Gasteiger partial charge in [0.15, 0.2) is 59.3 Å². The highest BCUT2D eigenvalue weighted by atomic mass is 16.6. The number of carbonyl (C=O) groups excluding carboxylic acids is 6. The van der Waals surface area contributed by atoms with E-state index < -0.39 is 89.2 Å². The van der Waals surface area contributed by atoms with Crippen LogP contribution in [0.15, 0.2) is 36.4 Å². The van der Waals surface area contributed by atoms with Crippen molar-refractivity contribution in [2.45, 2.75) is 260 Å². The zero-order valence-corrected chi connectivity index (χ0v) is 51.5. The number of carbonyl (C=O) groups is 6. The summed E-state index contributed by atoms with van der Waals surface area (Å²) in [6.45, 7) is 19.7. The first kappa shape index (κ1) is 72.9. The molecule has 464 valence electrons. The molecule has 0 heterocycles. The molecule has 0 amide bonds. The fraction of sp³-hybridized carbons (Fsp3) is 0.692. The molecule has 82 heavy (non-hydrogen) atoms. The van der Waals surface area contributed by atoms with E-state index in [-0.39, 0.29) is 42.4 Å². The van der Waals surface area contributed by atoms with E-state index >= 15 is 0 Å². The summed E-state index contributed by atoms with van der Waals surface area (Å²) in [6, 6.07) is 6.10. The summed E-state index contributed by atoms with van der Waals surface area (Å²) < 4.78 is 58.2. The van der Waals surface area contributed by atoms with Gasteiger partial charge in [-0.2, -0.15) is 0 Å². The summed E-state index contributed by atoms with van der Waals surface area (Å²) in [5, 5.41) is 11.8. The van der Waals surface area contributed by atoms with E-state index in [4.69, 9.17) is 47.4 Å². The van der Waals surface area contributed by atoms with Gasteiger partial charge in [-0.05, 0) is 97.1 Å². The van der Waals surface area contributed by atoms with Crippen LogP contribution in [0.4, 0.5) is 0 Å². The third kappa shape index (κ3) is 30.4. The second kappa shape index (κ2) is 44.3. The number of aliphatic hydroxyl groups is 1. The number of hydrogen-bond donors (Lipinski definition) is 1. The average molecular weight is 1160 g/mol. The molecule has 5 atom stereocenters. The molecule has 17 heteroatoms. The molecule has 1 N–H and O–H groups in total. The molecule has 0 aliphatic rings. The van der Waals surface area contributed by atoms with Crippen molar-refractivity contribution in [3.63, 3.8) is 0 Å². The van der Waals surface area contributed by atoms with Crippen LogP contribution in [0.3, 0.4) is 0 Å². The molecule has 2 rings (SSSR count). The number of ketones is 1. The Labute approximate surface area is 490 Å². The van der Waals surface area contributed by atoms with E-state index in [0.717, 1.165) is 159 Å². The van der Waals surface area contributed by atoms with E-state index in [9.17, 15) is 33.9 Å². The van der Waals surface area contributed by atoms with Crippen molar-refractivity contribution < 1.29 is 81.2 Å². The topological polar surface area (TPSA) is 215 Å². The minimum Gasteiger partial charge on any atom is -0.507 e. The third-order valence-corrected chi connectivity index (χ3v) is 13.6. The van der Waals surface area contributed by atoms with E-state index in [1.807, 2.05) is 0 Å². The van der Waals surface area contributed by atoms with Crippen LogP contribution >= 0.6 is 0 Å². The van der Waals surface area contributed by atoms with Crippen LogP contribution in [0.25, 0.3) is 5.76 Å². The van der Waals surface area contributed by atoms with Crippen molar-refractivity contribution in [2.24, 2.45) is 0 Å². The van der Waals surface area contributed by atoms with Gasteiger partial charge in [-0.15, -0.1) is 0 Å². The molecule has 0 saturated heterocycles. The SMILES string of the molecule is CCCCCCCO[C@@H](C)C(=O)Oc1ccc(C(=O)/C=C(\O)c2cc(OC(=O)[C@H](C)OCCCCCCC)c(OC(=O)[C@H](C)OCCCCCCC)c(OC(=O)[C@H](C)OCCCCCCC)c2)cc1OC(=O)[C@H](C)OCCCCCCC. The molecule has 17 nitrogen and oxygen atoms in total. The number of esters is 5. The molecule has 2 aromatic carbocycles. The number of rotatable bonds is 48. The lowest BCUT2D eigenvalue weighted by molar-refractivity contribution is -0.150. The first-order chi connectivity index (χ1) is 39.5. The van der Waals surface area contributed by atoms with Crippen molar-refractivity contribution in [1.82, 2.24) is 0 Å². The molecule has 0 aliphatic heterocycles. The third-order valence-electron chi connectivity index (χ3n) is 13.6. The molecular weight excluding hydrogens is 1050 g/mol. The molecule has 0 bridgehead atoms. The predicted octanol–water partition coefficient (Wildman–Crippen LogP) is 14.9. The molecule has 0 fully saturated rings. The second-order valence-corrected chi connectivity index (χ2v) is 21.1. The monoisotopic (exact) mass is 1150 g/mol. The molecule has 0 aromatic heterocycles. The minimum absolute atomic E-state index is 0.112. The Morgan fingerprint density at radius 2 is 0.622 bits per heavy atom. The molecular formula is C65H102O17. The standard InChI is InChI=1S/C65H102O17/c1-11-16-21-26-31-38-73-47(6)61(68)78-56-37-36-52(43-57(56)79-62(69)48(7)74-39-32-27-22-17-12-2)54(66)46-55(67)53-44-58(80-63(70)49(8)75-40-33-28-23-18-13-3)60(82-65(72)51(10)77-42-35-30-25-20-15-5)59(45-53)81-64(71)50(9)76-41-34-29-24-19-14-4/h36-37,43-51,67H,11-35,38-42H2,1-10H3/b55-46-/t47-,48-,49-,50-,51-/m0/s1. The molecule has 0 aliphatic carbocycles. The average Bonchev–Trinajstić information content (AvgIpc) is 3.51. The summed E-state index contributed by atoms with van der Waals surface area (Å²) in [5.41, 5.74) is -0.319. The van der Waals surface area contributed by atoms with Crippen molar-refractivity contribution in [3.8, 4) is 28.7 Å². The number of ether oxygens (including phenoxy) is 10. The Morgan fingerprint density at radius 1 is 0.354 bits per heavy atom. The van der Waals surface area contributed by atoms with Gasteiger partial charge in [-0.25, -0.2) is 24.0 Å². The Morgan fingerprint density at radius 3 is 0.939 bits per heavy atom. The maximum Gasteiger partial charge on any atom is 0.340 e. The second-order valence-electron chi connectivity index (χ2n) is 21.1. The molecule has 0 spiro atoms. The van der Waals surface area contributed by atoms with Crippen LogP contribution in [0.2, 0.25) is 0 Å². The Balaban J connectivity index is 2.71. The Hall–Kier alpha value is -5.20. The normalized spacial score (nSPS) is 13.4. The molecule has 0 radical (unpaired) electrons. The smallest absolute Gasteiger partial charge is 0.340 e. The summed E-state index contributed by atoms with van der Waals surface area (Å²) in [7, 11) is 0. The van der Waals surface area contributed by atoms with Crippen molar-refractivity contribution in [1.29, 1.82) is 0 Å². The maximum absolute atomic E-state index is 14.2. The first-order valence-corrected chi connectivity index (χ1v) is 30.9. The minimum atomic E-state index is -1.11. The van der Waals surface area contributed by atoms with E-state index in [1.54, 1.807) is 6.92 Å². The van der Waals surface area contributed by atoms with Crippen LogP contribution < -0.4 is 23.7 Å².